The number of hydrogen-bond acceptors (Lipinski definition) is 4. The summed E-state index contributed by atoms with van der Waals surface area (Å²) in [7, 11) is 0. The largest absolute Gasteiger partial charge is 0.492 e. The molecule has 1 aliphatic heterocycles. The third kappa shape index (κ3) is 9.59. The Morgan fingerprint density at radius 2 is 1.96 bits per heavy atom. The predicted octanol–water partition coefficient (Wildman–Crippen LogP) is 2.09. The van der Waals surface area contributed by atoms with Gasteiger partial charge in [-0.3, -0.25) is 4.99 Å². The highest BCUT2D eigenvalue weighted by molar-refractivity contribution is 14.0. The van der Waals surface area contributed by atoms with Crippen molar-refractivity contribution in [2.24, 2.45) is 4.99 Å². The molecule has 1 aromatic carbocycles. The Morgan fingerprint density at radius 3 is 2.65 bits per heavy atom. The molecule has 0 aromatic heterocycles. The molecule has 1 aromatic rings. The first-order valence-corrected chi connectivity index (χ1v) is 9.38. The molecule has 0 unspecified atom stereocenters. The normalized spacial score (nSPS) is 16.0. The highest BCUT2D eigenvalue weighted by Crippen LogP contribution is 2.10. The molecule has 3 N–H and O–H groups in total. The van der Waals surface area contributed by atoms with Gasteiger partial charge in [0.2, 0.25) is 0 Å². The van der Waals surface area contributed by atoms with E-state index in [2.05, 4.69) is 27.4 Å². The van der Waals surface area contributed by atoms with Crippen molar-refractivity contribution in [1.82, 2.24) is 15.5 Å². The number of benzene rings is 1. The zero-order chi connectivity index (χ0) is 17.7. The summed E-state index contributed by atoms with van der Waals surface area (Å²) >= 11 is 0. The van der Waals surface area contributed by atoms with Crippen molar-refractivity contribution in [1.29, 1.82) is 0 Å². The molecule has 2 rings (SSSR count). The van der Waals surface area contributed by atoms with Gasteiger partial charge in [0.1, 0.15) is 12.4 Å². The van der Waals surface area contributed by atoms with Crippen molar-refractivity contribution in [3.8, 4) is 5.75 Å². The molecule has 1 aliphatic rings. The first-order valence-electron chi connectivity index (χ1n) is 9.38. The second kappa shape index (κ2) is 14.1. The second-order valence-electron chi connectivity index (χ2n) is 6.28. The molecule has 26 heavy (non-hydrogen) atoms. The number of para-hydroxylation sites is 1. The smallest absolute Gasteiger partial charge is 0.191 e. The van der Waals surface area contributed by atoms with Crippen molar-refractivity contribution in [2.75, 3.05) is 45.9 Å². The SMILES string of the molecule is CCNC(=NCCCN1CCC(O)CC1)NCCOc1ccccc1.I. The monoisotopic (exact) mass is 476 g/mol. The minimum atomic E-state index is -0.100. The van der Waals surface area contributed by atoms with Gasteiger partial charge in [-0.2, -0.15) is 0 Å². The van der Waals surface area contributed by atoms with Gasteiger partial charge < -0.3 is 25.4 Å². The van der Waals surface area contributed by atoms with Crippen molar-refractivity contribution < 1.29 is 9.84 Å². The van der Waals surface area contributed by atoms with Gasteiger partial charge in [-0.05, 0) is 44.9 Å². The Morgan fingerprint density at radius 1 is 1.23 bits per heavy atom. The lowest BCUT2D eigenvalue weighted by Gasteiger charge is -2.29. The maximum Gasteiger partial charge on any atom is 0.191 e. The lowest BCUT2D eigenvalue weighted by atomic mass is 10.1. The number of rotatable bonds is 9. The van der Waals surface area contributed by atoms with E-state index in [0.29, 0.717) is 13.2 Å². The third-order valence-electron chi connectivity index (χ3n) is 4.21. The van der Waals surface area contributed by atoms with Crippen LogP contribution in [0.25, 0.3) is 0 Å². The predicted molar refractivity (Wildman–Crippen MR) is 118 cm³/mol. The number of aliphatic imine (C=N–C) groups is 1. The average Bonchev–Trinajstić information content (AvgIpc) is 2.64. The number of likely N-dealkylation sites (tertiary alicyclic amines) is 1. The Labute approximate surface area is 174 Å². The summed E-state index contributed by atoms with van der Waals surface area (Å²) in [5.41, 5.74) is 0. The van der Waals surface area contributed by atoms with Crippen LogP contribution in [0.15, 0.2) is 35.3 Å². The molecular formula is C19H33IN4O2. The molecule has 0 radical (unpaired) electrons. The molecule has 0 saturated carbocycles. The van der Waals surface area contributed by atoms with E-state index in [1.165, 1.54) is 0 Å². The summed E-state index contributed by atoms with van der Waals surface area (Å²) in [6, 6.07) is 9.83. The number of aliphatic hydroxyl groups is 1. The van der Waals surface area contributed by atoms with Crippen LogP contribution < -0.4 is 15.4 Å². The van der Waals surface area contributed by atoms with Gasteiger partial charge in [-0.25, -0.2) is 0 Å². The average molecular weight is 476 g/mol. The van der Waals surface area contributed by atoms with Crippen molar-refractivity contribution in [2.45, 2.75) is 32.3 Å². The minimum Gasteiger partial charge on any atom is -0.492 e. The maximum absolute atomic E-state index is 9.53. The van der Waals surface area contributed by atoms with Crippen molar-refractivity contribution >= 4 is 29.9 Å². The van der Waals surface area contributed by atoms with E-state index in [-0.39, 0.29) is 30.1 Å². The standard InChI is InChI=1S/C19H32N4O2.HI/c1-2-20-19(22-12-16-25-18-7-4-3-5-8-18)21-11-6-13-23-14-9-17(24)10-15-23;/h3-5,7-8,17,24H,2,6,9-16H2,1H3,(H2,20,21,22);1H. The van der Waals surface area contributed by atoms with Gasteiger partial charge in [0.25, 0.3) is 0 Å². The van der Waals surface area contributed by atoms with E-state index in [1.807, 2.05) is 30.3 Å². The van der Waals surface area contributed by atoms with E-state index in [9.17, 15) is 5.11 Å². The van der Waals surface area contributed by atoms with Gasteiger partial charge in [0.15, 0.2) is 5.96 Å². The number of aliphatic hydroxyl groups excluding tert-OH is 1. The number of nitrogens with one attached hydrogen (secondary N) is 2. The van der Waals surface area contributed by atoms with E-state index < -0.39 is 0 Å². The Balaban J connectivity index is 0.00000338. The molecule has 148 valence electrons. The lowest BCUT2D eigenvalue weighted by molar-refractivity contribution is 0.0824. The molecule has 0 spiro atoms. The Kier molecular flexibility index (Phi) is 12.4. The highest BCUT2D eigenvalue weighted by atomic mass is 127. The van der Waals surface area contributed by atoms with E-state index in [1.54, 1.807) is 0 Å². The number of halogens is 1. The van der Waals surface area contributed by atoms with Crippen LogP contribution in [0.5, 0.6) is 5.75 Å². The van der Waals surface area contributed by atoms with Gasteiger partial charge in [-0.1, -0.05) is 18.2 Å². The Bertz CT molecular complexity index is 494. The molecule has 1 saturated heterocycles. The van der Waals surface area contributed by atoms with Gasteiger partial charge in [0.05, 0.1) is 12.6 Å². The quantitative estimate of drug-likeness (QED) is 0.221. The van der Waals surface area contributed by atoms with E-state index >= 15 is 0 Å². The zero-order valence-electron chi connectivity index (χ0n) is 15.7. The number of guanidine groups is 1. The van der Waals surface area contributed by atoms with Crippen molar-refractivity contribution in [3.63, 3.8) is 0 Å². The highest BCUT2D eigenvalue weighted by Gasteiger charge is 2.15. The molecule has 1 fully saturated rings. The summed E-state index contributed by atoms with van der Waals surface area (Å²) in [5.74, 6) is 1.73. The van der Waals surface area contributed by atoms with E-state index in [4.69, 9.17) is 4.74 Å². The van der Waals surface area contributed by atoms with Gasteiger partial charge in [0, 0.05) is 26.2 Å². The van der Waals surface area contributed by atoms with Crippen LogP contribution in [0.4, 0.5) is 0 Å². The van der Waals surface area contributed by atoms with Crippen LogP contribution in [0.3, 0.4) is 0 Å². The summed E-state index contributed by atoms with van der Waals surface area (Å²) in [6.45, 7) is 8.07. The lowest BCUT2D eigenvalue weighted by Crippen LogP contribution is -2.39. The molecule has 0 aliphatic carbocycles. The van der Waals surface area contributed by atoms with Gasteiger partial charge in [-0.15, -0.1) is 24.0 Å². The van der Waals surface area contributed by atoms with Crippen LogP contribution in [0.2, 0.25) is 0 Å². The van der Waals surface area contributed by atoms with Crippen molar-refractivity contribution in [3.05, 3.63) is 30.3 Å². The van der Waals surface area contributed by atoms with Crippen LogP contribution in [-0.2, 0) is 0 Å². The van der Waals surface area contributed by atoms with E-state index in [0.717, 1.165) is 63.7 Å². The fourth-order valence-corrected chi connectivity index (χ4v) is 2.82. The zero-order valence-corrected chi connectivity index (χ0v) is 18.0. The number of nitrogens with zero attached hydrogens (tertiary/aromatic N) is 2. The van der Waals surface area contributed by atoms with Crippen LogP contribution in [0, 0.1) is 0 Å². The fourth-order valence-electron chi connectivity index (χ4n) is 2.82. The maximum atomic E-state index is 9.53. The number of ether oxygens (including phenoxy) is 1. The number of piperidine rings is 1. The summed E-state index contributed by atoms with van der Waals surface area (Å²) < 4.78 is 5.68. The minimum absolute atomic E-state index is 0. The summed E-state index contributed by atoms with van der Waals surface area (Å²) in [6.07, 6.45) is 2.73. The molecule has 0 bridgehead atoms. The molecule has 6 nitrogen and oxygen atoms in total. The van der Waals surface area contributed by atoms with Gasteiger partial charge >= 0.3 is 0 Å². The molecular weight excluding hydrogens is 443 g/mol. The first kappa shape index (κ1) is 23.0. The molecule has 0 atom stereocenters. The summed E-state index contributed by atoms with van der Waals surface area (Å²) in [5, 5.41) is 16.1. The number of hydrogen-bond donors (Lipinski definition) is 3. The summed E-state index contributed by atoms with van der Waals surface area (Å²) in [4.78, 5) is 7.03. The fraction of sp³-hybridized carbons (Fsp3) is 0.632. The Hall–Kier alpha value is -1.06. The topological polar surface area (TPSA) is 69.1 Å². The second-order valence-corrected chi connectivity index (χ2v) is 6.28. The molecule has 1 heterocycles. The molecule has 0 amide bonds. The third-order valence-corrected chi connectivity index (χ3v) is 4.21. The molecule has 7 heteroatoms. The van der Waals surface area contributed by atoms with Crippen LogP contribution in [0.1, 0.15) is 26.2 Å². The van der Waals surface area contributed by atoms with Crippen LogP contribution >= 0.6 is 24.0 Å². The van der Waals surface area contributed by atoms with Crippen LogP contribution in [-0.4, -0.2) is 67.9 Å². The first-order chi connectivity index (χ1) is 12.3.